The third-order valence-electron chi connectivity index (χ3n) is 6.05. The van der Waals surface area contributed by atoms with E-state index >= 15 is 0 Å². The van der Waals surface area contributed by atoms with Gasteiger partial charge in [-0.25, -0.2) is 9.59 Å². The van der Waals surface area contributed by atoms with Gasteiger partial charge in [0.1, 0.15) is 11.5 Å². The van der Waals surface area contributed by atoms with Crippen LogP contribution in [0.25, 0.3) is 11.0 Å². The second-order valence-electron chi connectivity index (χ2n) is 7.95. The van der Waals surface area contributed by atoms with Gasteiger partial charge in [-0.1, -0.05) is 25.3 Å². The molecule has 0 aliphatic heterocycles. The molecule has 1 aromatic heterocycles. The number of aromatic carboxylic acids is 1. The molecular weight excluding hydrogens is 396 g/mol. The molecule has 7 heteroatoms. The Morgan fingerprint density at radius 2 is 1.87 bits per heavy atom. The van der Waals surface area contributed by atoms with Crippen LogP contribution in [-0.4, -0.2) is 33.9 Å². The van der Waals surface area contributed by atoms with Crippen molar-refractivity contribution in [2.45, 2.75) is 51.6 Å². The Bertz CT molecular complexity index is 1150. The van der Waals surface area contributed by atoms with Gasteiger partial charge < -0.3 is 14.6 Å². The highest BCUT2D eigenvalue weighted by atomic mass is 16.5. The number of hydrogen-bond donors (Lipinski definition) is 1. The fraction of sp³-hybridized carbons (Fsp3) is 0.417. The minimum Gasteiger partial charge on any atom is -0.496 e. The summed E-state index contributed by atoms with van der Waals surface area (Å²) in [5, 5.41) is 9.26. The van der Waals surface area contributed by atoms with Crippen molar-refractivity contribution in [3.63, 3.8) is 0 Å². The Labute approximate surface area is 180 Å². The number of carboxylic acids is 1. The summed E-state index contributed by atoms with van der Waals surface area (Å²) in [6, 6.07) is 10.7. The van der Waals surface area contributed by atoms with E-state index in [1.54, 1.807) is 16.7 Å². The number of benzene rings is 2. The maximum Gasteiger partial charge on any atom is 0.335 e. The monoisotopic (exact) mass is 424 g/mol. The summed E-state index contributed by atoms with van der Waals surface area (Å²) < 4.78 is 14.8. The van der Waals surface area contributed by atoms with Crippen molar-refractivity contribution in [2.75, 3.05) is 13.7 Å². The number of aromatic nitrogens is 2. The lowest BCUT2D eigenvalue weighted by Crippen LogP contribution is -2.29. The molecular formula is C24H28N2O5. The normalized spacial score (nSPS) is 14.6. The molecule has 1 saturated carbocycles. The molecule has 164 valence electrons. The van der Waals surface area contributed by atoms with Gasteiger partial charge in [0.2, 0.25) is 0 Å². The van der Waals surface area contributed by atoms with E-state index in [0.717, 1.165) is 48.0 Å². The summed E-state index contributed by atoms with van der Waals surface area (Å²) in [6.45, 7) is 2.80. The lowest BCUT2D eigenvalue weighted by atomic mass is 9.95. The molecule has 0 saturated heterocycles. The molecule has 0 atom stereocenters. The Hall–Kier alpha value is -3.22. The van der Waals surface area contributed by atoms with E-state index in [0.29, 0.717) is 18.9 Å². The molecule has 1 heterocycles. The summed E-state index contributed by atoms with van der Waals surface area (Å²) in [5.74, 6) is 0.191. The Morgan fingerprint density at radius 1 is 1.10 bits per heavy atom. The zero-order valence-electron chi connectivity index (χ0n) is 18.0. The molecule has 7 nitrogen and oxygen atoms in total. The Kier molecular flexibility index (Phi) is 6.02. The highest BCUT2D eigenvalue weighted by Crippen LogP contribution is 2.32. The summed E-state index contributed by atoms with van der Waals surface area (Å²) in [6.07, 6.45) is 5.45. The van der Waals surface area contributed by atoms with Crippen LogP contribution in [-0.2, 0) is 6.54 Å². The lowest BCUT2D eigenvalue weighted by Gasteiger charge is -2.23. The molecule has 1 fully saturated rings. The molecule has 0 unspecified atom stereocenters. The smallest absolute Gasteiger partial charge is 0.335 e. The van der Waals surface area contributed by atoms with Crippen LogP contribution in [0.2, 0.25) is 0 Å². The van der Waals surface area contributed by atoms with Crippen molar-refractivity contribution in [3.05, 3.63) is 58.0 Å². The molecule has 1 aliphatic carbocycles. The molecule has 0 bridgehead atoms. The average Bonchev–Trinajstić information content (AvgIpc) is 3.05. The average molecular weight is 424 g/mol. The van der Waals surface area contributed by atoms with Crippen LogP contribution >= 0.6 is 0 Å². The van der Waals surface area contributed by atoms with E-state index in [1.807, 2.05) is 29.7 Å². The Balaban J connectivity index is 1.83. The highest BCUT2D eigenvalue weighted by molar-refractivity contribution is 5.88. The second kappa shape index (κ2) is 8.88. The van der Waals surface area contributed by atoms with Gasteiger partial charge in [-0.3, -0.25) is 9.13 Å². The number of imidazole rings is 1. The molecule has 2 aromatic carbocycles. The predicted molar refractivity (Wildman–Crippen MR) is 119 cm³/mol. The maximum atomic E-state index is 13.6. The van der Waals surface area contributed by atoms with Crippen molar-refractivity contribution < 1.29 is 19.4 Å². The van der Waals surface area contributed by atoms with E-state index < -0.39 is 5.97 Å². The molecule has 31 heavy (non-hydrogen) atoms. The van der Waals surface area contributed by atoms with E-state index in [9.17, 15) is 14.7 Å². The van der Waals surface area contributed by atoms with Crippen molar-refractivity contribution in [3.8, 4) is 11.5 Å². The Morgan fingerprint density at radius 3 is 2.55 bits per heavy atom. The van der Waals surface area contributed by atoms with Gasteiger partial charge in [0.15, 0.2) is 0 Å². The molecule has 0 amide bonds. The van der Waals surface area contributed by atoms with Gasteiger partial charge in [-0.15, -0.1) is 0 Å². The van der Waals surface area contributed by atoms with Crippen molar-refractivity contribution in [1.29, 1.82) is 0 Å². The van der Waals surface area contributed by atoms with Crippen molar-refractivity contribution in [2.24, 2.45) is 0 Å². The van der Waals surface area contributed by atoms with Crippen LogP contribution in [0.15, 0.2) is 41.2 Å². The van der Waals surface area contributed by atoms with E-state index in [2.05, 4.69) is 0 Å². The minimum absolute atomic E-state index is 0.0556. The van der Waals surface area contributed by atoms with Crippen LogP contribution in [0.1, 0.15) is 61.0 Å². The zero-order chi connectivity index (χ0) is 22.0. The quantitative estimate of drug-likeness (QED) is 0.605. The van der Waals surface area contributed by atoms with Gasteiger partial charge in [-0.05, 0) is 44.0 Å². The van der Waals surface area contributed by atoms with Crippen molar-refractivity contribution in [1.82, 2.24) is 9.13 Å². The number of methoxy groups -OCH3 is 1. The number of fused-ring (bicyclic) bond motifs is 1. The predicted octanol–water partition coefficient (Wildman–Crippen LogP) is 4.46. The molecule has 0 radical (unpaired) electrons. The van der Waals surface area contributed by atoms with Gasteiger partial charge in [0.25, 0.3) is 0 Å². The summed E-state index contributed by atoms with van der Waals surface area (Å²) in [4.78, 5) is 24.9. The summed E-state index contributed by atoms with van der Waals surface area (Å²) in [7, 11) is 1.51. The second-order valence-corrected chi connectivity index (χ2v) is 7.95. The SMILES string of the molecule is CCOc1ccc2c(c1)n(C1CCCCC1)c(=O)n2Cc1ccc(C(=O)O)cc1OC. The zero-order valence-corrected chi connectivity index (χ0v) is 18.0. The van der Waals surface area contributed by atoms with Gasteiger partial charge in [0.05, 0.1) is 36.9 Å². The van der Waals surface area contributed by atoms with Crippen LogP contribution in [0, 0.1) is 0 Å². The largest absolute Gasteiger partial charge is 0.496 e. The first-order chi connectivity index (χ1) is 15.0. The third kappa shape index (κ3) is 4.04. The molecule has 0 spiro atoms. The van der Waals surface area contributed by atoms with Crippen LogP contribution in [0.4, 0.5) is 0 Å². The van der Waals surface area contributed by atoms with E-state index in [4.69, 9.17) is 9.47 Å². The summed E-state index contributed by atoms with van der Waals surface area (Å²) in [5.41, 5.74) is 2.57. The van der Waals surface area contributed by atoms with Gasteiger partial charge in [-0.2, -0.15) is 0 Å². The summed E-state index contributed by atoms with van der Waals surface area (Å²) >= 11 is 0. The lowest BCUT2D eigenvalue weighted by molar-refractivity contribution is 0.0696. The minimum atomic E-state index is -1.01. The first-order valence-corrected chi connectivity index (χ1v) is 10.8. The standard InChI is InChI=1S/C24H28N2O5/c1-3-31-19-11-12-20-21(14-19)26(18-7-5-4-6-8-18)24(29)25(20)15-17-10-9-16(23(27)28)13-22(17)30-2/h9-14,18H,3-8,15H2,1-2H3,(H,27,28). The van der Waals surface area contributed by atoms with E-state index in [-0.39, 0.29) is 17.3 Å². The van der Waals surface area contributed by atoms with Crippen LogP contribution < -0.4 is 15.2 Å². The third-order valence-corrected chi connectivity index (χ3v) is 6.05. The van der Waals surface area contributed by atoms with Crippen LogP contribution in [0.5, 0.6) is 11.5 Å². The molecule has 4 rings (SSSR count). The fourth-order valence-electron chi connectivity index (χ4n) is 4.54. The van der Waals surface area contributed by atoms with Gasteiger partial charge in [0, 0.05) is 17.7 Å². The molecule has 1 N–H and O–H groups in total. The highest BCUT2D eigenvalue weighted by Gasteiger charge is 2.23. The van der Waals surface area contributed by atoms with Crippen molar-refractivity contribution >= 4 is 17.0 Å². The fourth-order valence-corrected chi connectivity index (χ4v) is 4.54. The first-order valence-electron chi connectivity index (χ1n) is 10.8. The molecule has 3 aromatic rings. The maximum absolute atomic E-state index is 13.6. The number of carbonyl (C=O) groups is 1. The molecule has 1 aliphatic rings. The number of ether oxygens (including phenoxy) is 2. The number of rotatable bonds is 7. The number of carboxylic acid groups (broad SMARTS) is 1. The van der Waals surface area contributed by atoms with Crippen LogP contribution in [0.3, 0.4) is 0 Å². The van der Waals surface area contributed by atoms with Gasteiger partial charge >= 0.3 is 11.7 Å². The number of hydrogen-bond acceptors (Lipinski definition) is 4. The topological polar surface area (TPSA) is 82.7 Å². The van der Waals surface area contributed by atoms with E-state index in [1.165, 1.54) is 19.6 Å². The number of nitrogens with zero attached hydrogens (tertiary/aromatic N) is 2. The first kappa shape index (κ1) is 21.0.